The van der Waals surface area contributed by atoms with Crippen molar-refractivity contribution in [2.45, 2.75) is 39.0 Å². The highest BCUT2D eigenvalue weighted by atomic mass is 16.4. The van der Waals surface area contributed by atoms with Crippen molar-refractivity contribution in [1.82, 2.24) is 0 Å². The topological polar surface area (TPSA) is 37.3 Å². The van der Waals surface area contributed by atoms with Gasteiger partial charge in [-0.05, 0) is 38.0 Å². The molecule has 0 heterocycles. The maximum absolute atomic E-state index is 10.9. The van der Waals surface area contributed by atoms with Crippen LogP contribution in [-0.4, -0.2) is 11.1 Å². The first-order valence-electron chi connectivity index (χ1n) is 5.62. The van der Waals surface area contributed by atoms with E-state index in [4.69, 9.17) is 5.11 Å². The van der Waals surface area contributed by atoms with E-state index in [1.165, 1.54) is 31.3 Å². The van der Waals surface area contributed by atoms with Gasteiger partial charge in [-0.15, -0.1) is 0 Å². The highest BCUT2D eigenvalue weighted by molar-refractivity contribution is 5.73. The molecular formula is C12H18O2. The van der Waals surface area contributed by atoms with Gasteiger partial charge in [0.2, 0.25) is 0 Å². The molecule has 2 rings (SSSR count). The Kier molecular flexibility index (Phi) is 2.62. The molecule has 2 heteroatoms. The number of carboxylic acids is 1. The van der Waals surface area contributed by atoms with Crippen LogP contribution in [0.2, 0.25) is 0 Å². The van der Waals surface area contributed by atoms with Gasteiger partial charge in [-0.2, -0.15) is 0 Å². The van der Waals surface area contributed by atoms with Crippen molar-refractivity contribution in [1.29, 1.82) is 0 Å². The lowest BCUT2D eigenvalue weighted by molar-refractivity contribution is -0.139. The average molecular weight is 194 g/mol. The van der Waals surface area contributed by atoms with Crippen LogP contribution < -0.4 is 0 Å². The Morgan fingerprint density at radius 3 is 2.86 bits per heavy atom. The maximum atomic E-state index is 10.9. The fourth-order valence-corrected chi connectivity index (χ4v) is 2.83. The van der Waals surface area contributed by atoms with Crippen LogP contribution in [0.3, 0.4) is 0 Å². The highest BCUT2D eigenvalue weighted by Gasteiger charge is 2.32. The first kappa shape index (κ1) is 9.75. The van der Waals surface area contributed by atoms with Crippen molar-refractivity contribution in [3.05, 3.63) is 11.6 Å². The van der Waals surface area contributed by atoms with E-state index in [-0.39, 0.29) is 5.92 Å². The van der Waals surface area contributed by atoms with Gasteiger partial charge < -0.3 is 5.11 Å². The van der Waals surface area contributed by atoms with Crippen LogP contribution in [0.1, 0.15) is 39.0 Å². The second kappa shape index (κ2) is 3.76. The minimum atomic E-state index is -0.671. The van der Waals surface area contributed by atoms with Gasteiger partial charge in [0, 0.05) is 0 Å². The van der Waals surface area contributed by atoms with E-state index in [1.807, 2.05) is 6.92 Å². The van der Waals surface area contributed by atoms with Gasteiger partial charge in [-0.3, -0.25) is 4.79 Å². The summed E-state index contributed by atoms with van der Waals surface area (Å²) in [4.78, 5) is 10.9. The molecule has 3 unspecified atom stereocenters. The normalized spacial score (nSPS) is 33.4. The summed E-state index contributed by atoms with van der Waals surface area (Å²) in [5, 5.41) is 8.94. The number of hydrogen-bond acceptors (Lipinski definition) is 1. The summed E-state index contributed by atoms with van der Waals surface area (Å²) in [7, 11) is 0. The van der Waals surface area contributed by atoms with Crippen LogP contribution in [-0.2, 0) is 4.79 Å². The Labute approximate surface area is 85.0 Å². The summed E-state index contributed by atoms with van der Waals surface area (Å²) in [6.07, 6.45) is 8.54. The number of fused-ring (bicyclic) bond motifs is 1. The predicted molar refractivity (Wildman–Crippen MR) is 54.9 cm³/mol. The highest BCUT2D eigenvalue weighted by Crippen LogP contribution is 2.42. The Balaban J connectivity index is 2.05. The zero-order valence-corrected chi connectivity index (χ0v) is 8.70. The molecule has 0 amide bonds. The maximum Gasteiger partial charge on any atom is 0.310 e. The second-order valence-corrected chi connectivity index (χ2v) is 4.71. The van der Waals surface area contributed by atoms with Crippen molar-refractivity contribution >= 4 is 5.97 Å². The zero-order valence-electron chi connectivity index (χ0n) is 8.70. The van der Waals surface area contributed by atoms with E-state index in [0.717, 1.165) is 12.3 Å². The molecule has 0 aromatic rings. The number of carboxylic acid groups (broad SMARTS) is 1. The Morgan fingerprint density at radius 1 is 1.50 bits per heavy atom. The molecule has 0 bridgehead atoms. The second-order valence-electron chi connectivity index (χ2n) is 4.71. The Hall–Kier alpha value is -0.790. The minimum absolute atomic E-state index is 0.263. The van der Waals surface area contributed by atoms with Crippen molar-refractivity contribution < 1.29 is 9.90 Å². The molecule has 0 aliphatic heterocycles. The summed E-state index contributed by atoms with van der Waals surface area (Å²) in [6.45, 7) is 1.81. The first-order valence-corrected chi connectivity index (χ1v) is 5.62. The van der Waals surface area contributed by atoms with Gasteiger partial charge in [0.25, 0.3) is 0 Å². The Bertz CT molecular complexity index is 267. The van der Waals surface area contributed by atoms with Gasteiger partial charge in [0.05, 0.1) is 5.92 Å². The third-order valence-electron chi connectivity index (χ3n) is 3.82. The van der Waals surface area contributed by atoms with Crippen molar-refractivity contribution in [2.75, 3.05) is 0 Å². The molecule has 1 saturated carbocycles. The fraction of sp³-hybridized carbons (Fsp3) is 0.750. The van der Waals surface area contributed by atoms with Gasteiger partial charge in [0.15, 0.2) is 0 Å². The molecule has 0 spiro atoms. The number of allylic oxidation sites excluding steroid dienone is 1. The molecule has 0 radical (unpaired) electrons. The molecule has 78 valence electrons. The standard InChI is InChI=1S/C12H18O2/c1-8(12(13)14)11-6-9-4-2-3-5-10(9)7-11/h6,8-10H,2-5,7H2,1H3,(H,13,14). The molecule has 2 aliphatic carbocycles. The zero-order chi connectivity index (χ0) is 10.1. The smallest absolute Gasteiger partial charge is 0.310 e. The average Bonchev–Trinajstić information content (AvgIpc) is 2.59. The van der Waals surface area contributed by atoms with E-state index in [1.54, 1.807) is 0 Å². The lowest BCUT2D eigenvalue weighted by atomic mass is 9.81. The van der Waals surface area contributed by atoms with Gasteiger partial charge in [0.1, 0.15) is 0 Å². The number of aliphatic carboxylic acids is 1. The summed E-state index contributed by atoms with van der Waals surface area (Å²) in [5.74, 6) is 0.525. The SMILES string of the molecule is CC(C(=O)O)C1=CC2CCCCC2C1. The van der Waals surface area contributed by atoms with Crippen molar-refractivity contribution in [3.63, 3.8) is 0 Å². The molecule has 0 aromatic heterocycles. The molecule has 0 aromatic carbocycles. The summed E-state index contributed by atoms with van der Waals surface area (Å²) in [5.41, 5.74) is 1.18. The number of rotatable bonds is 2. The third-order valence-corrected chi connectivity index (χ3v) is 3.82. The van der Waals surface area contributed by atoms with Crippen LogP contribution in [0, 0.1) is 17.8 Å². The molecule has 2 aliphatic rings. The molecule has 14 heavy (non-hydrogen) atoms. The molecule has 1 N–H and O–H groups in total. The number of hydrogen-bond donors (Lipinski definition) is 1. The molecule has 0 saturated heterocycles. The lowest BCUT2D eigenvalue weighted by Gasteiger charge is -2.24. The van der Waals surface area contributed by atoms with Crippen LogP contribution in [0.5, 0.6) is 0 Å². The lowest BCUT2D eigenvalue weighted by Crippen LogP contribution is -2.14. The van der Waals surface area contributed by atoms with Crippen LogP contribution >= 0.6 is 0 Å². The van der Waals surface area contributed by atoms with E-state index in [0.29, 0.717) is 5.92 Å². The number of carbonyl (C=O) groups is 1. The monoisotopic (exact) mass is 194 g/mol. The largest absolute Gasteiger partial charge is 0.481 e. The predicted octanol–water partition coefficient (Wildman–Crippen LogP) is 2.84. The third kappa shape index (κ3) is 1.70. The molecule has 3 atom stereocenters. The van der Waals surface area contributed by atoms with Gasteiger partial charge >= 0.3 is 5.97 Å². The first-order chi connectivity index (χ1) is 6.68. The summed E-state index contributed by atoms with van der Waals surface area (Å²) >= 11 is 0. The summed E-state index contributed by atoms with van der Waals surface area (Å²) in [6, 6.07) is 0. The van der Waals surface area contributed by atoms with Crippen LogP contribution in [0.4, 0.5) is 0 Å². The van der Waals surface area contributed by atoms with E-state index in [2.05, 4.69) is 6.08 Å². The van der Waals surface area contributed by atoms with Crippen molar-refractivity contribution in [2.24, 2.45) is 17.8 Å². The Morgan fingerprint density at radius 2 is 2.21 bits per heavy atom. The fourth-order valence-electron chi connectivity index (χ4n) is 2.83. The molecular weight excluding hydrogens is 176 g/mol. The quantitative estimate of drug-likeness (QED) is 0.686. The van der Waals surface area contributed by atoms with Crippen molar-refractivity contribution in [3.8, 4) is 0 Å². The van der Waals surface area contributed by atoms with Crippen LogP contribution in [0.25, 0.3) is 0 Å². The minimum Gasteiger partial charge on any atom is -0.481 e. The van der Waals surface area contributed by atoms with Gasteiger partial charge in [-0.25, -0.2) is 0 Å². The van der Waals surface area contributed by atoms with Crippen LogP contribution in [0.15, 0.2) is 11.6 Å². The van der Waals surface area contributed by atoms with E-state index in [9.17, 15) is 4.79 Å². The van der Waals surface area contributed by atoms with E-state index >= 15 is 0 Å². The van der Waals surface area contributed by atoms with Gasteiger partial charge in [-0.1, -0.05) is 24.5 Å². The molecule has 2 nitrogen and oxygen atoms in total. The summed E-state index contributed by atoms with van der Waals surface area (Å²) < 4.78 is 0. The molecule has 1 fully saturated rings. The van der Waals surface area contributed by atoms with E-state index < -0.39 is 5.97 Å².